The van der Waals surface area contributed by atoms with Crippen molar-refractivity contribution in [3.8, 4) is 0 Å². The van der Waals surface area contributed by atoms with Crippen LogP contribution < -0.4 is 4.90 Å². The molecule has 2 rings (SSSR count). The highest BCUT2D eigenvalue weighted by Crippen LogP contribution is 2.33. The van der Waals surface area contributed by atoms with Gasteiger partial charge in [-0.3, -0.25) is 4.79 Å². The van der Waals surface area contributed by atoms with Crippen LogP contribution in [0.25, 0.3) is 0 Å². The minimum Gasteiger partial charge on any atom is -0.481 e. The SMILES string of the molecule is Cc1csc(N(CCC(=O)O)C2CC2)n1. The maximum Gasteiger partial charge on any atom is 0.305 e. The van der Waals surface area contributed by atoms with Crippen molar-refractivity contribution >= 4 is 22.4 Å². The number of hydrogen-bond acceptors (Lipinski definition) is 4. The summed E-state index contributed by atoms with van der Waals surface area (Å²) in [5.41, 5.74) is 1.01. The van der Waals surface area contributed by atoms with Crippen molar-refractivity contribution in [2.45, 2.75) is 32.2 Å². The lowest BCUT2D eigenvalue weighted by molar-refractivity contribution is -0.136. The molecule has 0 atom stereocenters. The number of carbonyl (C=O) groups is 1. The van der Waals surface area contributed by atoms with Crippen molar-refractivity contribution in [3.05, 3.63) is 11.1 Å². The van der Waals surface area contributed by atoms with Crippen LogP contribution in [-0.4, -0.2) is 28.6 Å². The van der Waals surface area contributed by atoms with E-state index in [1.54, 1.807) is 11.3 Å². The van der Waals surface area contributed by atoms with Crippen molar-refractivity contribution in [3.63, 3.8) is 0 Å². The molecule has 0 spiro atoms. The third-order valence-corrected chi connectivity index (χ3v) is 3.40. The standard InChI is InChI=1S/C10H14N2O2S/c1-7-6-15-10(11-7)12(8-2-3-8)5-4-9(13)14/h6,8H,2-5H2,1H3,(H,13,14). The molecule has 0 aliphatic heterocycles. The van der Waals surface area contributed by atoms with Gasteiger partial charge in [-0.2, -0.15) is 0 Å². The smallest absolute Gasteiger partial charge is 0.305 e. The highest BCUT2D eigenvalue weighted by Gasteiger charge is 2.30. The van der Waals surface area contributed by atoms with Crippen LogP contribution in [0.1, 0.15) is 25.0 Å². The lowest BCUT2D eigenvalue weighted by Gasteiger charge is -2.20. The quantitative estimate of drug-likeness (QED) is 0.833. The Morgan fingerprint density at radius 1 is 1.73 bits per heavy atom. The van der Waals surface area contributed by atoms with Gasteiger partial charge in [0.1, 0.15) is 0 Å². The second-order valence-corrected chi connectivity index (χ2v) is 4.68. The fraction of sp³-hybridized carbons (Fsp3) is 0.600. The molecule has 4 nitrogen and oxygen atoms in total. The predicted molar refractivity (Wildman–Crippen MR) is 59.5 cm³/mol. The lowest BCUT2D eigenvalue weighted by Crippen LogP contribution is -2.28. The summed E-state index contributed by atoms with van der Waals surface area (Å²) in [6.07, 6.45) is 2.52. The van der Waals surface area contributed by atoms with Gasteiger partial charge in [-0.15, -0.1) is 11.3 Å². The Labute approximate surface area is 92.6 Å². The number of carboxylic acids is 1. The van der Waals surface area contributed by atoms with Crippen LogP contribution in [-0.2, 0) is 4.79 Å². The molecule has 1 fully saturated rings. The molecule has 0 unspecified atom stereocenters. The second kappa shape index (κ2) is 4.18. The van der Waals surface area contributed by atoms with Gasteiger partial charge in [-0.25, -0.2) is 4.98 Å². The van der Waals surface area contributed by atoms with Crippen molar-refractivity contribution in [1.82, 2.24) is 4.98 Å². The molecule has 1 aromatic rings. The molecule has 0 aromatic carbocycles. The highest BCUT2D eigenvalue weighted by molar-refractivity contribution is 7.13. The summed E-state index contributed by atoms with van der Waals surface area (Å²) in [4.78, 5) is 17.1. The van der Waals surface area contributed by atoms with Crippen LogP contribution in [0, 0.1) is 6.92 Å². The van der Waals surface area contributed by atoms with E-state index in [9.17, 15) is 4.79 Å². The highest BCUT2D eigenvalue weighted by atomic mass is 32.1. The average molecular weight is 226 g/mol. The van der Waals surface area contributed by atoms with E-state index >= 15 is 0 Å². The number of carboxylic acid groups (broad SMARTS) is 1. The van der Waals surface area contributed by atoms with Crippen LogP contribution >= 0.6 is 11.3 Å². The van der Waals surface area contributed by atoms with Crippen molar-refractivity contribution in [1.29, 1.82) is 0 Å². The molecule has 1 aromatic heterocycles. The van der Waals surface area contributed by atoms with Gasteiger partial charge in [0.05, 0.1) is 12.1 Å². The molecule has 15 heavy (non-hydrogen) atoms. The number of hydrogen-bond donors (Lipinski definition) is 1. The third-order valence-electron chi connectivity index (χ3n) is 2.41. The summed E-state index contributed by atoms with van der Waals surface area (Å²) >= 11 is 1.60. The average Bonchev–Trinajstić information content (AvgIpc) is 2.90. The van der Waals surface area contributed by atoms with E-state index in [4.69, 9.17) is 5.11 Å². The molecule has 1 aliphatic rings. The first kappa shape index (κ1) is 10.4. The molecule has 1 saturated carbocycles. The molecule has 0 radical (unpaired) electrons. The molecule has 0 saturated heterocycles. The van der Waals surface area contributed by atoms with Crippen LogP contribution in [0.15, 0.2) is 5.38 Å². The second-order valence-electron chi connectivity index (χ2n) is 3.84. The first-order valence-corrected chi connectivity index (χ1v) is 5.95. The van der Waals surface area contributed by atoms with Gasteiger partial charge < -0.3 is 10.0 Å². The predicted octanol–water partition coefficient (Wildman–Crippen LogP) is 1.90. The largest absolute Gasteiger partial charge is 0.481 e. The summed E-state index contributed by atoms with van der Waals surface area (Å²) < 4.78 is 0. The molecule has 5 heteroatoms. The zero-order valence-corrected chi connectivity index (χ0v) is 9.46. The normalized spacial score (nSPS) is 15.3. The molecule has 0 bridgehead atoms. The van der Waals surface area contributed by atoms with Crippen LogP contribution in [0.3, 0.4) is 0 Å². The fourth-order valence-corrected chi connectivity index (χ4v) is 2.41. The van der Waals surface area contributed by atoms with E-state index < -0.39 is 5.97 Å². The van der Waals surface area contributed by atoms with Crippen molar-refractivity contribution < 1.29 is 9.90 Å². The van der Waals surface area contributed by atoms with E-state index in [-0.39, 0.29) is 6.42 Å². The Morgan fingerprint density at radius 2 is 2.47 bits per heavy atom. The topological polar surface area (TPSA) is 53.4 Å². The lowest BCUT2D eigenvalue weighted by atomic mass is 10.4. The Kier molecular flexibility index (Phi) is 2.90. The van der Waals surface area contributed by atoms with E-state index in [0.29, 0.717) is 12.6 Å². The van der Waals surface area contributed by atoms with Crippen molar-refractivity contribution in [2.75, 3.05) is 11.4 Å². The molecule has 0 amide bonds. The van der Waals surface area contributed by atoms with E-state index in [2.05, 4.69) is 9.88 Å². The summed E-state index contributed by atoms with van der Waals surface area (Å²) in [7, 11) is 0. The van der Waals surface area contributed by atoms with Crippen LogP contribution in [0.5, 0.6) is 0 Å². The van der Waals surface area contributed by atoms with Gasteiger partial charge in [0.15, 0.2) is 5.13 Å². The first-order chi connectivity index (χ1) is 7.16. The Bertz CT molecular complexity index is 360. The summed E-state index contributed by atoms with van der Waals surface area (Å²) in [5.74, 6) is -0.742. The summed E-state index contributed by atoms with van der Waals surface area (Å²) in [5, 5.41) is 11.6. The van der Waals surface area contributed by atoms with Gasteiger partial charge in [-0.1, -0.05) is 0 Å². The minimum atomic E-state index is -0.742. The number of thiazole rings is 1. The maximum atomic E-state index is 10.5. The Morgan fingerprint density at radius 3 is 2.93 bits per heavy atom. The first-order valence-electron chi connectivity index (χ1n) is 5.07. The van der Waals surface area contributed by atoms with Crippen molar-refractivity contribution in [2.24, 2.45) is 0 Å². The number of aliphatic carboxylic acids is 1. The van der Waals surface area contributed by atoms with Gasteiger partial charge in [0.25, 0.3) is 0 Å². The van der Waals surface area contributed by atoms with Gasteiger partial charge in [0.2, 0.25) is 0 Å². The fourth-order valence-electron chi connectivity index (χ4n) is 1.51. The number of anilines is 1. The number of rotatable bonds is 5. The van der Waals surface area contributed by atoms with Gasteiger partial charge in [0, 0.05) is 18.0 Å². The minimum absolute atomic E-state index is 0.190. The zero-order chi connectivity index (χ0) is 10.8. The molecule has 82 valence electrons. The summed E-state index contributed by atoms with van der Waals surface area (Å²) in [6, 6.07) is 0.523. The van der Waals surface area contributed by atoms with Gasteiger partial charge in [-0.05, 0) is 19.8 Å². The van der Waals surface area contributed by atoms with E-state index in [0.717, 1.165) is 23.7 Å². The monoisotopic (exact) mass is 226 g/mol. The van der Waals surface area contributed by atoms with E-state index in [1.807, 2.05) is 12.3 Å². The van der Waals surface area contributed by atoms with Crippen LogP contribution in [0.2, 0.25) is 0 Å². The number of aromatic nitrogens is 1. The Hall–Kier alpha value is -1.10. The zero-order valence-electron chi connectivity index (χ0n) is 8.64. The summed E-state index contributed by atoms with van der Waals surface area (Å²) in [6.45, 7) is 2.54. The molecule has 1 heterocycles. The third kappa shape index (κ3) is 2.68. The number of aryl methyl sites for hydroxylation is 1. The van der Waals surface area contributed by atoms with Gasteiger partial charge >= 0.3 is 5.97 Å². The van der Waals surface area contributed by atoms with Crippen LogP contribution in [0.4, 0.5) is 5.13 Å². The molecular formula is C10H14N2O2S. The maximum absolute atomic E-state index is 10.5. The molecule has 1 aliphatic carbocycles. The number of nitrogens with zero attached hydrogens (tertiary/aromatic N) is 2. The Balaban J connectivity index is 2.02. The molecular weight excluding hydrogens is 212 g/mol. The van der Waals surface area contributed by atoms with E-state index in [1.165, 1.54) is 0 Å². The molecule has 1 N–H and O–H groups in total.